The van der Waals surface area contributed by atoms with Crippen LogP contribution in [0.4, 0.5) is 0 Å². The lowest BCUT2D eigenvalue weighted by molar-refractivity contribution is 0.0229. The number of hydrogen-bond donors (Lipinski definition) is 2. The predicted octanol–water partition coefficient (Wildman–Crippen LogP) is 1.60. The number of carbonyl (C=O) groups is 2. The molecule has 0 aliphatic heterocycles. The van der Waals surface area contributed by atoms with Gasteiger partial charge in [-0.25, -0.2) is 4.79 Å². The Morgan fingerprint density at radius 2 is 2.00 bits per heavy atom. The number of rotatable bonds is 5. The molecule has 0 aromatic carbocycles. The average molecular weight is 257 g/mol. The van der Waals surface area contributed by atoms with E-state index in [-0.39, 0.29) is 10.8 Å². The van der Waals surface area contributed by atoms with Gasteiger partial charge in [0, 0.05) is 13.7 Å². The average Bonchev–Trinajstić information content (AvgIpc) is 2.75. The molecule has 0 aliphatic rings. The van der Waals surface area contributed by atoms with Gasteiger partial charge in [-0.1, -0.05) is 0 Å². The first-order chi connectivity index (χ1) is 7.85. The smallest absolute Gasteiger partial charge is 0.345 e. The summed E-state index contributed by atoms with van der Waals surface area (Å²) in [6, 6.07) is 2.92. The molecule has 2 N–H and O–H groups in total. The molecule has 1 aromatic rings. The number of amides is 1. The fourth-order valence-corrected chi connectivity index (χ4v) is 1.79. The third-order valence-corrected chi connectivity index (χ3v) is 3.34. The third kappa shape index (κ3) is 3.83. The van der Waals surface area contributed by atoms with Gasteiger partial charge >= 0.3 is 5.97 Å². The number of carboxylic acids is 1. The van der Waals surface area contributed by atoms with E-state index in [1.54, 1.807) is 7.11 Å². The summed E-state index contributed by atoms with van der Waals surface area (Å²) in [6.07, 6.45) is 0. The van der Waals surface area contributed by atoms with Crippen molar-refractivity contribution >= 4 is 23.2 Å². The molecule has 5 nitrogen and oxygen atoms in total. The Hall–Kier alpha value is -1.40. The molecule has 1 rings (SSSR count). The van der Waals surface area contributed by atoms with E-state index in [4.69, 9.17) is 9.84 Å². The van der Waals surface area contributed by atoms with Crippen LogP contribution >= 0.6 is 11.3 Å². The Labute approximate surface area is 103 Å². The number of carbonyl (C=O) groups excluding carboxylic acids is 1. The van der Waals surface area contributed by atoms with Crippen molar-refractivity contribution in [3.63, 3.8) is 0 Å². The van der Waals surface area contributed by atoms with Crippen LogP contribution in [0.15, 0.2) is 12.1 Å². The van der Waals surface area contributed by atoms with Crippen molar-refractivity contribution in [3.8, 4) is 0 Å². The molecule has 0 spiro atoms. The Morgan fingerprint density at radius 3 is 2.47 bits per heavy atom. The number of thiophene rings is 1. The summed E-state index contributed by atoms with van der Waals surface area (Å²) < 4.78 is 5.16. The molecule has 1 amide bonds. The molecule has 0 saturated heterocycles. The van der Waals surface area contributed by atoms with E-state index in [1.807, 2.05) is 13.8 Å². The van der Waals surface area contributed by atoms with Crippen LogP contribution in [0.2, 0.25) is 0 Å². The molecule has 94 valence electrons. The first kappa shape index (κ1) is 13.7. The molecular formula is C11H15NO4S. The quantitative estimate of drug-likeness (QED) is 0.840. The van der Waals surface area contributed by atoms with Gasteiger partial charge in [-0.15, -0.1) is 11.3 Å². The minimum absolute atomic E-state index is 0.154. The normalized spacial score (nSPS) is 11.2. The standard InChI is InChI=1S/C11H15NO4S/c1-11(2,16-3)6-12-9(13)7-4-5-8(17-7)10(14)15/h4-5H,6H2,1-3H3,(H,12,13)(H,14,15). The largest absolute Gasteiger partial charge is 0.477 e. The minimum atomic E-state index is -1.02. The second kappa shape index (κ2) is 5.29. The van der Waals surface area contributed by atoms with Crippen molar-refractivity contribution < 1.29 is 19.4 Å². The number of carboxylic acid groups (broad SMARTS) is 1. The van der Waals surface area contributed by atoms with Crippen LogP contribution in [0.25, 0.3) is 0 Å². The van der Waals surface area contributed by atoms with Crippen LogP contribution in [-0.4, -0.2) is 36.2 Å². The number of nitrogens with one attached hydrogen (secondary N) is 1. The van der Waals surface area contributed by atoms with E-state index in [9.17, 15) is 9.59 Å². The van der Waals surface area contributed by atoms with Gasteiger partial charge in [-0.3, -0.25) is 4.79 Å². The van der Waals surface area contributed by atoms with Crippen molar-refractivity contribution in [1.29, 1.82) is 0 Å². The Balaban J connectivity index is 2.61. The van der Waals surface area contributed by atoms with Crippen LogP contribution in [0.1, 0.15) is 33.2 Å². The SMILES string of the molecule is COC(C)(C)CNC(=O)c1ccc(C(=O)O)s1. The monoisotopic (exact) mass is 257 g/mol. The number of aromatic carboxylic acids is 1. The molecule has 0 unspecified atom stereocenters. The van der Waals surface area contributed by atoms with Gasteiger partial charge in [0.05, 0.1) is 10.5 Å². The lowest BCUT2D eigenvalue weighted by Gasteiger charge is -2.22. The molecule has 0 saturated carbocycles. The van der Waals surface area contributed by atoms with Crippen molar-refractivity contribution in [2.75, 3.05) is 13.7 Å². The van der Waals surface area contributed by atoms with Crippen molar-refractivity contribution in [2.45, 2.75) is 19.4 Å². The summed E-state index contributed by atoms with van der Waals surface area (Å²) in [5, 5.41) is 11.4. The maximum atomic E-state index is 11.7. The fourth-order valence-electron chi connectivity index (χ4n) is 1.03. The van der Waals surface area contributed by atoms with Crippen molar-refractivity contribution in [1.82, 2.24) is 5.32 Å². The van der Waals surface area contributed by atoms with Crippen LogP contribution in [0.3, 0.4) is 0 Å². The highest BCUT2D eigenvalue weighted by Gasteiger charge is 2.19. The van der Waals surface area contributed by atoms with E-state index >= 15 is 0 Å². The minimum Gasteiger partial charge on any atom is -0.477 e. The van der Waals surface area contributed by atoms with E-state index < -0.39 is 11.6 Å². The summed E-state index contributed by atoms with van der Waals surface area (Å²) >= 11 is 0.955. The Bertz CT molecular complexity index is 425. The molecule has 0 atom stereocenters. The highest BCUT2D eigenvalue weighted by Crippen LogP contribution is 2.16. The van der Waals surface area contributed by atoms with Crippen LogP contribution in [0.5, 0.6) is 0 Å². The van der Waals surface area contributed by atoms with E-state index in [2.05, 4.69) is 5.32 Å². The number of hydrogen-bond acceptors (Lipinski definition) is 4. The molecule has 1 aromatic heterocycles. The molecule has 0 bridgehead atoms. The van der Waals surface area contributed by atoms with Crippen LogP contribution < -0.4 is 5.32 Å². The molecule has 1 heterocycles. The summed E-state index contributed by atoms with van der Waals surface area (Å²) in [7, 11) is 1.57. The zero-order chi connectivity index (χ0) is 13.1. The maximum Gasteiger partial charge on any atom is 0.345 e. The lowest BCUT2D eigenvalue weighted by atomic mass is 10.1. The predicted molar refractivity (Wildman–Crippen MR) is 64.7 cm³/mol. The molecule has 6 heteroatoms. The van der Waals surface area contributed by atoms with E-state index in [0.717, 1.165) is 11.3 Å². The van der Waals surface area contributed by atoms with Gasteiger partial charge in [-0.05, 0) is 26.0 Å². The summed E-state index contributed by atoms with van der Waals surface area (Å²) in [4.78, 5) is 22.9. The highest BCUT2D eigenvalue weighted by atomic mass is 32.1. The van der Waals surface area contributed by atoms with Crippen LogP contribution in [-0.2, 0) is 4.74 Å². The van der Waals surface area contributed by atoms with Crippen LogP contribution in [0, 0.1) is 0 Å². The highest BCUT2D eigenvalue weighted by molar-refractivity contribution is 7.15. The maximum absolute atomic E-state index is 11.7. The van der Waals surface area contributed by atoms with E-state index in [1.165, 1.54) is 12.1 Å². The molecule has 17 heavy (non-hydrogen) atoms. The summed E-state index contributed by atoms with van der Waals surface area (Å²) in [5.74, 6) is -1.31. The topological polar surface area (TPSA) is 75.6 Å². The fraction of sp³-hybridized carbons (Fsp3) is 0.455. The Kier molecular flexibility index (Phi) is 4.25. The van der Waals surface area contributed by atoms with Gasteiger partial charge in [-0.2, -0.15) is 0 Å². The molecular weight excluding hydrogens is 242 g/mol. The third-order valence-electron chi connectivity index (χ3n) is 2.27. The number of methoxy groups -OCH3 is 1. The molecule has 0 fully saturated rings. The van der Waals surface area contributed by atoms with Crippen molar-refractivity contribution in [2.24, 2.45) is 0 Å². The molecule has 0 aliphatic carbocycles. The Morgan fingerprint density at radius 1 is 1.41 bits per heavy atom. The number of ether oxygens (including phenoxy) is 1. The van der Waals surface area contributed by atoms with E-state index in [0.29, 0.717) is 11.4 Å². The molecule has 0 radical (unpaired) electrons. The second-order valence-corrected chi connectivity index (χ2v) is 5.20. The first-order valence-electron chi connectivity index (χ1n) is 5.02. The second-order valence-electron chi connectivity index (χ2n) is 4.12. The van der Waals surface area contributed by atoms with Gasteiger partial charge in [0.25, 0.3) is 5.91 Å². The summed E-state index contributed by atoms with van der Waals surface area (Å²) in [5.41, 5.74) is -0.442. The van der Waals surface area contributed by atoms with Gasteiger partial charge in [0.2, 0.25) is 0 Å². The zero-order valence-corrected chi connectivity index (χ0v) is 10.8. The zero-order valence-electron chi connectivity index (χ0n) is 9.94. The van der Waals surface area contributed by atoms with Crippen molar-refractivity contribution in [3.05, 3.63) is 21.9 Å². The summed E-state index contributed by atoms with van der Waals surface area (Å²) in [6.45, 7) is 4.07. The van der Waals surface area contributed by atoms with Gasteiger partial charge in [0.15, 0.2) is 0 Å². The lowest BCUT2D eigenvalue weighted by Crippen LogP contribution is -2.39. The first-order valence-corrected chi connectivity index (χ1v) is 5.84. The van der Waals surface area contributed by atoms with Gasteiger partial charge in [0.1, 0.15) is 4.88 Å². The van der Waals surface area contributed by atoms with Gasteiger partial charge < -0.3 is 15.2 Å².